The molecular weight excluding hydrogens is 763 g/mol. The van der Waals surface area contributed by atoms with Gasteiger partial charge in [-0.3, -0.25) is 24.0 Å². The summed E-state index contributed by atoms with van der Waals surface area (Å²) in [7, 11) is 3.87. The van der Waals surface area contributed by atoms with E-state index in [1.54, 1.807) is 0 Å². The maximum Gasteiger partial charge on any atom is 0.306 e. The Kier molecular flexibility index (Phi) is 37.4. The molecule has 0 aromatic heterocycles. The number of hydrogen-bond acceptors (Lipinski definition) is 11. The predicted octanol–water partition coefficient (Wildman–Crippen LogP) is 11.5. The lowest BCUT2D eigenvalue weighted by Gasteiger charge is -2.32. The number of esters is 5. The van der Waals surface area contributed by atoms with Crippen LogP contribution in [0, 0.1) is 17.3 Å². The molecule has 0 saturated heterocycles. The minimum atomic E-state index is -1.31. The largest absolute Gasteiger partial charge is 0.466 e. The van der Waals surface area contributed by atoms with Crippen molar-refractivity contribution in [1.82, 2.24) is 4.90 Å². The Bertz CT molecular complexity index is 1030. The fourth-order valence-electron chi connectivity index (χ4n) is 7.21. The Balaban J connectivity index is 6.11. The number of rotatable bonds is 42. The number of carbonyl (C=O) groups is 5. The van der Waals surface area contributed by atoms with E-state index in [-0.39, 0.29) is 88.3 Å². The van der Waals surface area contributed by atoms with Gasteiger partial charge in [-0.15, -0.1) is 0 Å². The molecular formula is C49H91NO10. The van der Waals surface area contributed by atoms with Crippen LogP contribution in [0.1, 0.15) is 214 Å². The predicted molar refractivity (Wildman–Crippen MR) is 240 cm³/mol. The van der Waals surface area contributed by atoms with Crippen LogP contribution in [0.3, 0.4) is 0 Å². The third-order valence-electron chi connectivity index (χ3n) is 11.2. The van der Waals surface area contributed by atoms with E-state index in [1.165, 1.54) is 0 Å². The van der Waals surface area contributed by atoms with Gasteiger partial charge in [0.15, 0.2) is 0 Å². The molecule has 0 bridgehead atoms. The molecule has 11 nitrogen and oxygen atoms in total. The van der Waals surface area contributed by atoms with E-state index in [4.69, 9.17) is 23.7 Å². The minimum Gasteiger partial charge on any atom is -0.466 e. The number of unbranched alkanes of at least 4 members (excludes halogenated alkanes) is 12. The third-order valence-corrected chi connectivity index (χ3v) is 11.2. The Morgan fingerprint density at radius 3 is 1.10 bits per heavy atom. The van der Waals surface area contributed by atoms with Crippen molar-refractivity contribution in [2.45, 2.75) is 214 Å². The standard InChI is InChI=1S/C49H91NO10/c1-8-13-18-25-35-56-44(51)31-23-24-32-45(52)57-38-49(39-58-46(53)33-26-34-50(6)7,40-59-47(54)36-42(27-19-14-9-2)28-20-15-10-3)41-60-48(55)37-43(29-21-16-11-4)30-22-17-12-5/h42-43H,8-41H2,1-7H3. The highest BCUT2D eigenvalue weighted by Gasteiger charge is 2.38. The number of carbonyl (C=O) groups excluding carboxylic acids is 5. The molecule has 0 atom stereocenters. The lowest BCUT2D eigenvalue weighted by molar-refractivity contribution is -0.171. The van der Waals surface area contributed by atoms with Crippen LogP contribution in [0.5, 0.6) is 0 Å². The average molecular weight is 854 g/mol. The first-order valence-electron chi connectivity index (χ1n) is 24.4. The fraction of sp³-hybridized carbons (Fsp3) is 0.898. The van der Waals surface area contributed by atoms with E-state index < -0.39 is 17.4 Å². The van der Waals surface area contributed by atoms with Crippen LogP contribution >= 0.6 is 0 Å². The van der Waals surface area contributed by atoms with E-state index in [2.05, 4.69) is 34.6 Å². The van der Waals surface area contributed by atoms with E-state index in [9.17, 15) is 24.0 Å². The summed E-state index contributed by atoms with van der Waals surface area (Å²) in [6, 6.07) is 0. The quantitative estimate of drug-likeness (QED) is 0.0330. The molecule has 0 fully saturated rings. The van der Waals surface area contributed by atoms with Crippen molar-refractivity contribution in [1.29, 1.82) is 0 Å². The Labute approximate surface area is 366 Å². The molecule has 0 rings (SSSR count). The van der Waals surface area contributed by atoms with Gasteiger partial charge >= 0.3 is 29.8 Å². The summed E-state index contributed by atoms with van der Waals surface area (Å²) in [6.07, 6.45) is 23.5. The Morgan fingerprint density at radius 1 is 0.400 bits per heavy atom. The molecule has 0 aliphatic rings. The van der Waals surface area contributed by atoms with Gasteiger partial charge < -0.3 is 28.6 Å². The number of nitrogens with zero attached hydrogens (tertiary/aromatic N) is 1. The molecule has 0 unspecified atom stereocenters. The summed E-state index contributed by atoms with van der Waals surface area (Å²) in [4.78, 5) is 67.4. The second-order valence-electron chi connectivity index (χ2n) is 17.7. The van der Waals surface area contributed by atoms with Crippen LogP contribution in [0.4, 0.5) is 0 Å². The van der Waals surface area contributed by atoms with Crippen molar-refractivity contribution >= 4 is 29.8 Å². The van der Waals surface area contributed by atoms with Gasteiger partial charge in [-0.2, -0.15) is 0 Å². The molecule has 0 radical (unpaired) electrons. The van der Waals surface area contributed by atoms with E-state index >= 15 is 0 Å². The second kappa shape index (κ2) is 39.2. The van der Waals surface area contributed by atoms with Crippen LogP contribution < -0.4 is 0 Å². The fourth-order valence-corrected chi connectivity index (χ4v) is 7.21. The molecule has 0 aromatic carbocycles. The summed E-state index contributed by atoms with van der Waals surface area (Å²) >= 11 is 0. The van der Waals surface area contributed by atoms with Crippen LogP contribution in [-0.4, -0.2) is 88.4 Å². The summed E-state index contributed by atoms with van der Waals surface area (Å²) < 4.78 is 28.9. The summed E-state index contributed by atoms with van der Waals surface area (Å²) in [5.74, 6) is -1.53. The van der Waals surface area contributed by atoms with Crippen LogP contribution in [-0.2, 0) is 47.7 Å². The first-order chi connectivity index (χ1) is 28.9. The highest BCUT2D eigenvalue weighted by molar-refractivity contribution is 5.72. The van der Waals surface area contributed by atoms with Crippen molar-refractivity contribution in [3.8, 4) is 0 Å². The van der Waals surface area contributed by atoms with Gasteiger partial charge in [0.2, 0.25) is 0 Å². The van der Waals surface area contributed by atoms with Gasteiger partial charge in [0, 0.05) is 32.1 Å². The van der Waals surface area contributed by atoms with Crippen LogP contribution in [0.15, 0.2) is 0 Å². The van der Waals surface area contributed by atoms with E-state index in [0.29, 0.717) is 32.4 Å². The third kappa shape index (κ3) is 34.0. The molecule has 11 heteroatoms. The zero-order valence-corrected chi connectivity index (χ0v) is 39.7. The molecule has 0 amide bonds. The van der Waals surface area contributed by atoms with Crippen LogP contribution in [0.25, 0.3) is 0 Å². The normalized spacial score (nSPS) is 11.6. The van der Waals surface area contributed by atoms with Crippen molar-refractivity contribution in [3.63, 3.8) is 0 Å². The summed E-state index contributed by atoms with van der Waals surface area (Å²) in [6.45, 7) is 10.9. The van der Waals surface area contributed by atoms with Gasteiger partial charge in [-0.1, -0.05) is 131 Å². The topological polar surface area (TPSA) is 135 Å². The van der Waals surface area contributed by atoms with Crippen molar-refractivity contribution < 1.29 is 47.7 Å². The van der Waals surface area contributed by atoms with Gasteiger partial charge in [0.05, 0.1) is 6.61 Å². The molecule has 0 aliphatic heterocycles. The first-order valence-corrected chi connectivity index (χ1v) is 24.4. The van der Waals surface area contributed by atoms with Crippen molar-refractivity contribution in [3.05, 3.63) is 0 Å². The van der Waals surface area contributed by atoms with Crippen LogP contribution in [0.2, 0.25) is 0 Å². The molecule has 0 aromatic rings. The van der Waals surface area contributed by atoms with Gasteiger partial charge in [-0.25, -0.2) is 0 Å². The minimum absolute atomic E-state index is 0.0676. The zero-order valence-electron chi connectivity index (χ0n) is 39.7. The average Bonchev–Trinajstić information content (AvgIpc) is 3.21. The first kappa shape index (κ1) is 57.3. The molecule has 60 heavy (non-hydrogen) atoms. The van der Waals surface area contributed by atoms with E-state index in [0.717, 1.165) is 128 Å². The summed E-state index contributed by atoms with van der Waals surface area (Å²) in [5, 5.41) is 0. The van der Waals surface area contributed by atoms with Gasteiger partial charge in [0.25, 0.3) is 0 Å². The molecule has 0 N–H and O–H groups in total. The number of hydrogen-bond donors (Lipinski definition) is 0. The maximum absolute atomic E-state index is 13.5. The SMILES string of the molecule is CCCCCCOC(=O)CCCCC(=O)OCC(COC(=O)CCCN(C)C)(COC(=O)CC(CCCCC)CCCCC)COC(=O)CC(CCCCC)CCCCC. The van der Waals surface area contributed by atoms with Crippen molar-refractivity contribution in [2.75, 3.05) is 53.7 Å². The second-order valence-corrected chi connectivity index (χ2v) is 17.7. The summed E-state index contributed by atoms with van der Waals surface area (Å²) in [5.41, 5.74) is -1.31. The van der Waals surface area contributed by atoms with Gasteiger partial charge in [-0.05, 0) is 83.8 Å². The molecule has 0 heterocycles. The lowest BCUT2D eigenvalue weighted by Crippen LogP contribution is -2.44. The highest BCUT2D eigenvalue weighted by atomic mass is 16.6. The Hall–Kier alpha value is -2.69. The van der Waals surface area contributed by atoms with Gasteiger partial charge in [0.1, 0.15) is 31.8 Å². The molecule has 0 saturated carbocycles. The maximum atomic E-state index is 13.5. The van der Waals surface area contributed by atoms with E-state index in [1.807, 2.05) is 19.0 Å². The molecule has 352 valence electrons. The molecule has 0 aliphatic carbocycles. The lowest BCUT2D eigenvalue weighted by atomic mass is 9.90. The number of ether oxygens (including phenoxy) is 5. The monoisotopic (exact) mass is 854 g/mol. The zero-order chi connectivity index (χ0) is 44.7. The van der Waals surface area contributed by atoms with Crippen molar-refractivity contribution in [2.24, 2.45) is 17.3 Å². The highest BCUT2D eigenvalue weighted by Crippen LogP contribution is 2.27. The Morgan fingerprint density at radius 2 is 0.733 bits per heavy atom. The molecule has 0 spiro atoms. The smallest absolute Gasteiger partial charge is 0.306 e.